The third-order valence-corrected chi connectivity index (χ3v) is 9.47. The maximum absolute atomic E-state index is 12.7. The van der Waals surface area contributed by atoms with Gasteiger partial charge in [-0.15, -0.1) is 0 Å². The topological polar surface area (TPSA) is 102 Å². The molecule has 214 valence electrons. The fourth-order valence-corrected chi connectivity index (χ4v) is 7.32. The molecule has 7 rings (SSSR count). The number of rotatable bonds is 5. The van der Waals surface area contributed by atoms with Crippen molar-refractivity contribution >= 4 is 45.8 Å². The maximum atomic E-state index is 12.7. The number of carbonyl (C=O) groups is 2. The Hall–Kier alpha value is -3.63. The molecule has 0 aliphatic carbocycles. The summed E-state index contributed by atoms with van der Waals surface area (Å²) in [5.41, 5.74) is 2.99. The average Bonchev–Trinajstić information content (AvgIpc) is 3.47. The van der Waals surface area contributed by atoms with Crippen molar-refractivity contribution in [3.8, 4) is 6.01 Å². The molecule has 1 N–H and O–H groups in total. The Morgan fingerprint density at radius 3 is 2.71 bits per heavy atom. The summed E-state index contributed by atoms with van der Waals surface area (Å²) in [5.74, 6) is 0.734. The van der Waals surface area contributed by atoms with Crippen LogP contribution in [0.3, 0.4) is 0 Å². The van der Waals surface area contributed by atoms with Crippen molar-refractivity contribution in [3.63, 3.8) is 0 Å². The van der Waals surface area contributed by atoms with E-state index in [1.165, 1.54) is 4.90 Å². The number of halogens is 1. The molecule has 0 saturated carbocycles. The van der Waals surface area contributed by atoms with Crippen LogP contribution in [0, 0.1) is 0 Å². The summed E-state index contributed by atoms with van der Waals surface area (Å²) in [6.45, 7) is 3.59. The fraction of sp³-hybridized carbons (Fsp3) is 0.467. The first-order chi connectivity index (χ1) is 19.9. The predicted molar refractivity (Wildman–Crippen MR) is 156 cm³/mol. The second kappa shape index (κ2) is 10.3. The Morgan fingerprint density at radius 2 is 1.95 bits per heavy atom. The van der Waals surface area contributed by atoms with E-state index in [4.69, 9.17) is 26.3 Å². The number of aromatic nitrogens is 2. The standard InChI is InChI=1S/C30H33ClN6O4/c1-34-11-4-7-19(34)17-41-29-32-23-15-35(24-9-3-6-18-5-2-8-22(31)27(18)24)12-10-21(23)28(33-29)36-14-20-13-26(38)25(16-36)37(20)30(39)40/h2-3,5-6,8-9,19-20,25H,4,7,10-17H2,1H3,(H,39,40)/t19?,20-,25-/m1/s1. The van der Waals surface area contributed by atoms with Crippen LogP contribution in [0.1, 0.15) is 30.5 Å². The van der Waals surface area contributed by atoms with E-state index in [0.29, 0.717) is 49.7 Å². The zero-order chi connectivity index (χ0) is 28.2. The molecule has 3 fully saturated rings. The summed E-state index contributed by atoms with van der Waals surface area (Å²) in [7, 11) is 2.11. The number of piperazine rings is 1. The highest BCUT2D eigenvalue weighted by atomic mass is 35.5. The number of likely N-dealkylation sites (tertiary alicyclic amines) is 1. The van der Waals surface area contributed by atoms with Gasteiger partial charge in [0.05, 0.1) is 23.3 Å². The number of Topliss-reactive ketones (excluding diaryl/α,β-unsaturated/α-hetero) is 1. The Labute approximate surface area is 243 Å². The molecule has 0 spiro atoms. The van der Waals surface area contributed by atoms with Crippen LogP contribution in [0.25, 0.3) is 10.8 Å². The molecule has 4 aliphatic rings. The number of hydrogen-bond acceptors (Lipinski definition) is 8. The second-order valence-corrected chi connectivity index (χ2v) is 12.0. The number of carbonyl (C=O) groups excluding carboxylic acids is 1. The van der Waals surface area contributed by atoms with Gasteiger partial charge in [-0.2, -0.15) is 9.97 Å². The number of ether oxygens (including phenoxy) is 1. The van der Waals surface area contributed by atoms with Gasteiger partial charge in [0.25, 0.3) is 0 Å². The van der Waals surface area contributed by atoms with Gasteiger partial charge in [-0.05, 0) is 50.4 Å². The molecule has 4 aliphatic heterocycles. The van der Waals surface area contributed by atoms with E-state index in [-0.39, 0.29) is 18.2 Å². The van der Waals surface area contributed by atoms with Gasteiger partial charge in [-0.25, -0.2) is 4.79 Å². The van der Waals surface area contributed by atoms with Crippen LogP contribution in [-0.4, -0.2) is 94.7 Å². The van der Waals surface area contributed by atoms with Crippen LogP contribution in [0.2, 0.25) is 5.02 Å². The van der Waals surface area contributed by atoms with Gasteiger partial charge >= 0.3 is 12.1 Å². The van der Waals surface area contributed by atoms with Crippen LogP contribution in [0.15, 0.2) is 36.4 Å². The minimum Gasteiger partial charge on any atom is -0.465 e. The maximum Gasteiger partial charge on any atom is 0.408 e. The van der Waals surface area contributed by atoms with Crippen LogP contribution in [-0.2, 0) is 17.8 Å². The molecule has 1 aromatic heterocycles. The van der Waals surface area contributed by atoms with Gasteiger partial charge in [0, 0.05) is 48.7 Å². The number of anilines is 2. The molecule has 41 heavy (non-hydrogen) atoms. The summed E-state index contributed by atoms with van der Waals surface area (Å²) < 4.78 is 6.24. The van der Waals surface area contributed by atoms with E-state index in [2.05, 4.69) is 46.0 Å². The van der Waals surface area contributed by atoms with Crippen molar-refractivity contribution in [2.24, 2.45) is 0 Å². The van der Waals surface area contributed by atoms with Crippen LogP contribution < -0.4 is 14.5 Å². The molecular weight excluding hydrogens is 544 g/mol. The van der Waals surface area contributed by atoms with Crippen molar-refractivity contribution in [2.75, 3.05) is 49.6 Å². The van der Waals surface area contributed by atoms with Crippen LogP contribution in [0.5, 0.6) is 6.01 Å². The van der Waals surface area contributed by atoms with Crippen molar-refractivity contribution in [2.45, 2.75) is 50.4 Å². The fourth-order valence-electron chi connectivity index (χ4n) is 7.04. The van der Waals surface area contributed by atoms with Gasteiger partial charge in [0.2, 0.25) is 0 Å². The van der Waals surface area contributed by atoms with E-state index in [0.717, 1.165) is 59.5 Å². The number of carboxylic acid groups (broad SMARTS) is 1. The number of ketones is 1. The van der Waals surface area contributed by atoms with Crippen molar-refractivity contribution < 1.29 is 19.4 Å². The number of amides is 1. The summed E-state index contributed by atoms with van der Waals surface area (Å²) in [4.78, 5) is 42.5. The molecule has 5 heterocycles. The van der Waals surface area contributed by atoms with Crippen molar-refractivity contribution in [3.05, 3.63) is 52.7 Å². The Bertz CT molecular complexity index is 1530. The average molecular weight is 577 g/mol. The van der Waals surface area contributed by atoms with Gasteiger partial charge in [0.15, 0.2) is 5.78 Å². The molecule has 1 amide bonds. The predicted octanol–water partition coefficient (Wildman–Crippen LogP) is 3.83. The van der Waals surface area contributed by atoms with Crippen molar-refractivity contribution in [1.82, 2.24) is 19.8 Å². The highest BCUT2D eigenvalue weighted by Gasteiger charge is 2.49. The Kier molecular flexibility index (Phi) is 6.62. The normalized spacial score (nSPS) is 24.3. The van der Waals surface area contributed by atoms with Crippen molar-refractivity contribution in [1.29, 1.82) is 0 Å². The summed E-state index contributed by atoms with van der Waals surface area (Å²) in [6, 6.07) is 11.8. The summed E-state index contributed by atoms with van der Waals surface area (Å²) in [5, 5.41) is 12.6. The van der Waals surface area contributed by atoms with Crippen LogP contribution in [0.4, 0.5) is 16.3 Å². The molecular formula is C30H33ClN6O4. The Balaban J connectivity index is 1.24. The minimum absolute atomic E-state index is 0.0254. The number of nitrogens with zero attached hydrogens (tertiary/aromatic N) is 6. The van der Waals surface area contributed by atoms with E-state index in [1.807, 2.05) is 12.1 Å². The zero-order valence-electron chi connectivity index (χ0n) is 23.0. The summed E-state index contributed by atoms with van der Waals surface area (Å²) in [6.07, 6.45) is 2.14. The second-order valence-electron chi connectivity index (χ2n) is 11.6. The van der Waals surface area contributed by atoms with Crippen LogP contribution >= 0.6 is 11.6 Å². The number of hydrogen-bond donors (Lipinski definition) is 1. The number of fused-ring (bicyclic) bond motifs is 4. The molecule has 0 radical (unpaired) electrons. The van der Waals surface area contributed by atoms with Gasteiger partial charge in [0.1, 0.15) is 18.5 Å². The molecule has 1 unspecified atom stereocenters. The van der Waals surface area contributed by atoms with E-state index < -0.39 is 12.1 Å². The highest BCUT2D eigenvalue weighted by Crippen LogP contribution is 2.38. The molecule has 3 saturated heterocycles. The quantitative estimate of drug-likeness (QED) is 0.485. The third kappa shape index (κ3) is 4.63. The lowest BCUT2D eigenvalue weighted by Crippen LogP contribution is -2.57. The highest BCUT2D eigenvalue weighted by molar-refractivity contribution is 6.36. The minimum atomic E-state index is -1.04. The first-order valence-corrected chi connectivity index (χ1v) is 14.7. The summed E-state index contributed by atoms with van der Waals surface area (Å²) >= 11 is 6.67. The molecule has 3 atom stereocenters. The Morgan fingerprint density at radius 1 is 1.12 bits per heavy atom. The SMILES string of the molecule is CN1CCCC1COc1nc2c(c(N3C[C@H]4CC(=O)[C@@H](C3)N4C(=O)O)n1)CCN(c1cccc3cccc(Cl)c13)C2. The monoisotopic (exact) mass is 576 g/mol. The van der Waals surface area contributed by atoms with Gasteiger partial charge in [-0.1, -0.05) is 35.9 Å². The van der Waals surface area contributed by atoms with E-state index >= 15 is 0 Å². The zero-order valence-corrected chi connectivity index (χ0v) is 23.8. The van der Waals surface area contributed by atoms with Gasteiger partial charge < -0.3 is 24.5 Å². The molecule has 11 heteroatoms. The first-order valence-electron chi connectivity index (χ1n) is 14.3. The molecule has 3 aromatic rings. The lowest BCUT2D eigenvalue weighted by molar-refractivity contribution is -0.119. The molecule has 2 aromatic carbocycles. The van der Waals surface area contributed by atoms with E-state index in [9.17, 15) is 14.7 Å². The largest absolute Gasteiger partial charge is 0.465 e. The van der Waals surface area contributed by atoms with Gasteiger partial charge in [-0.3, -0.25) is 9.69 Å². The molecule has 10 nitrogen and oxygen atoms in total. The molecule has 2 bridgehead atoms. The number of benzene rings is 2. The number of likely N-dealkylation sites (N-methyl/N-ethyl adjacent to an activating group) is 1. The lowest BCUT2D eigenvalue weighted by atomic mass is 10.0. The third-order valence-electron chi connectivity index (χ3n) is 9.15. The van der Waals surface area contributed by atoms with E-state index in [1.54, 1.807) is 0 Å². The lowest BCUT2D eigenvalue weighted by Gasteiger charge is -2.40. The smallest absolute Gasteiger partial charge is 0.408 e. The first kappa shape index (κ1) is 26.3.